The Labute approximate surface area is 214 Å². The van der Waals surface area contributed by atoms with Crippen LogP contribution in [-0.4, -0.2) is 20.4 Å². The molecule has 0 unspecified atom stereocenters. The molecule has 6 nitrogen and oxygen atoms in total. The molecule has 0 radical (unpaired) electrons. The number of rotatable bonds is 6. The van der Waals surface area contributed by atoms with Crippen LogP contribution in [0.5, 0.6) is 11.5 Å². The van der Waals surface area contributed by atoms with Crippen LogP contribution in [0.3, 0.4) is 0 Å². The molecule has 3 aromatic heterocycles. The molecule has 0 bridgehead atoms. The summed E-state index contributed by atoms with van der Waals surface area (Å²) in [5.41, 5.74) is -2.12. The maximum atomic E-state index is 13.4. The largest absolute Gasteiger partial charge is 0.456 e. The Morgan fingerprint density at radius 2 is 1.68 bits per heavy atom. The predicted octanol–water partition coefficient (Wildman–Crippen LogP) is 6.82. The number of nitrogens with zero attached hydrogens (tertiary/aromatic N) is 3. The molecule has 0 spiro atoms. The lowest BCUT2D eigenvalue weighted by molar-refractivity contribution is -0.140. The van der Waals surface area contributed by atoms with Gasteiger partial charge >= 0.3 is 12.4 Å². The van der Waals surface area contributed by atoms with E-state index in [4.69, 9.17) is 16.3 Å². The topological polar surface area (TPSA) is 69.0 Å². The number of alkyl halides is 6. The third-order valence-electron chi connectivity index (χ3n) is 5.07. The van der Waals surface area contributed by atoms with Crippen molar-refractivity contribution in [2.75, 3.05) is 0 Å². The zero-order valence-corrected chi connectivity index (χ0v) is 19.5. The van der Waals surface area contributed by atoms with Crippen molar-refractivity contribution in [1.82, 2.24) is 19.9 Å². The minimum absolute atomic E-state index is 0.0379. The van der Waals surface area contributed by atoms with Gasteiger partial charge in [0.1, 0.15) is 23.0 Å². The van der Waals surface area contributed by atoms with Gasteiger partial charge in [-0.3, -0.25) is 14.3 Å². The number of benzene rings is 1. The van der Waals surface area contributed by atoms with Crippen LogP contribution in [0.4, 0.5) is 30.7 Å². The van der Waals surface area contributed by atoms with Crippen LogP contribution >= 0.6 is 11.6 Å². The Bertz CT molecular complexity index is 1470. The standard InChI is InChI=1S/C24H14ClF7N4O2/c25-18-8-13(23(27,28)29)10-34-21(18)36-7-1-2-20(36)22(37)35-11-14-3-4-16(12-33-14)38-15-5-6-19(26)17(9-15)24(30,31)32/h1-10,12H,11H2,(H,35,37). The maximum absolute atomic E-state index is 13.4. The number of carbonyl (C=O) groups excluding carboxylic acids is 1. The third kappa shape index (κ3) is 6.05. The molecule has 1 N–H and O–H groups in total. The molecule has 0 aliphatic carbocycles. The van der Waals surface area contributed by atoms with Gasteiger partial charge in [-0.25, -0.2) is 9.37 Å². The number of aromatic nitrogens is 3. The van der Waals surface area contributed by atoms with Gasteiger partial charge in [0.05, 0.1) is 34.6 Å². The SMILES string of the molecule is O=C(NCc1ccc(Oc2ccc(F)c(C(F)(F)F)c2)cn1)c1cccn1-c1ncc(C(F)(F)F)cc1Cl. The Balaban J connectivity index is 1.42. The average molecular weight is 559 g/mol. The fourth-order valence-electron chi connectivity index (χ4n) is 3.27. The second-order valence-electron chi connectivity index (χ2n) is 7.70. The molecule has 0 atom stereocenters. The minimum atomic E-state index is -4.89. The summed E-state index contributed by atoms with van der Waals surface area (Å²) in [7, 11) is 0. The van der Waals surface area contributed by atoms with Gasteiger partial charge in [0.25, 0.3) is 5.91 Å². The summed E-state index contributed by atoms with van der Waals surface area (Å²) in [5.74, 6) is -2.31. The Kier molecular flexibility index (Phi) is 7.31. The molecule has 0 saturated heterocycles. The van der Waals surface area contributed by atoms with E-state index in [0.717, 1.165) is 6.07 Å². The highest BCUT2D eigenvalue weighted by Crippen LogP contribution is 2.35. The molecule has 0 aliphatic rings. The Morgan fingerprint density at radius 1 is 0.947 bits per heavy atom. The molecule has 4 aromatic rings. The normalized spacial score (nSPS) is 11.9. The van der Waals surface area contributed by atoms with Gasteiger partial charge in [-0.1, -0.05) is 11.6 Å². The van der Waals surface area contributed by atoms with Crippen molar-refractivity contribution < 1.29 is 40.3 Å². The monoisotopic (exact) mass is 558 g/mol. The Morgan fingerprint density at radius 3 is 2.32 bits per heavy atom. The number of ether oxygens (including phenoxy) is 1. The maximum Gasteiger partial charge on any atom is 0.419 e. The summed E-state index contributed by atoms with van der Waals surface area (Å²) in [6, 6.07) is 8.62. The van der Waals surface area contributed by atoms with Crippen LogP contribution < -0.4 is 10.1 Å². The number of hydrogen-bond donors (Lipinski definition) is 1. The van der Waals surface area contributed by atoms with Crippen molar-refractivity contribution in [1.29, 1.82) is 0 Å². The van der Waals surface area contributed by atoms with Crippen molar-refractivity contribution in [3.05, 3.63) is 100 Å². The smallest absolute Gasteiger partial charge is 0.419 e. The van der Waals surface area contributed by atoms with E-state index < -0.39 is 35.2 Å². The molecule has 198 valence electrons. The van der Waals surface area contributed by atoms with Crippen LogP contribution in [0, 0.1) is 5.82 Å². The summed E-state index contributed by atoms with van der Waals surface area (Å²) in [6.45, 7) is -0.0762. The van der Waals surface area contributed by atoms with Crippen molar-refractivity contribution in [2.45, 2.75) is 18.9 Å². The van der Waals surface area contributed by atoms with E-state index in [0.29, 0.717) is 30.1 Å². The number of halogens is 8. The molecule has 0 saturated carbocycles. The molecule has 1 aromatic carbocycles. The van der Waals surface area contributed by atoms with Gasteiger partial charge in [0.2, 0.25) is 0 Å². The molecular formula is C24H14ClF7N4O2. The fraction of sp³-hybridized carbons (Fsp3) is 0.125. The number of nitrogens with one attached hydrogen (secondary N) is 1. The van der Waals surface area contributed by atoms with Gasteiger partial charge in [-0.05, 0) is 48.5 Å². The van der Waals surface area contributed by atoms with E-state index in [1.165, 1.54) is 41.2 Å². The van der Waals surface area contributed by atoms with Gasteiger partial charge in [0.15, 0.2) is 5.82 Å². The molecular weight excluding hydrogens is 545 g/mol. The molecule has 3 heterocycles. The van der Waals surface area contributed by atoms with Gasteiger partial charge in [0, 0.05) is 12.4 Å². The summed E-state index contributed by atoms with van der Waals surface area (Å²) in [6.07, 6.45) is -6.32. The first-order chi connectivity index (χ1) is 17.8. The van der Waals surface area contributed by atoms with Crippen molar-refractivity contribution in [2.24, 2.45) is 0 Å². The zero-order chi connectivity index (χ0) is 27.7. The van der Waals surface area contributed by atoms with E-state index in [1.807, 2.05) is 0 Å². The van der Waals surface area contributed by atoms with Crippen LogP contribution in [0.25, 0.3) is 5.82 Å². The van der Waals surface area contributed by atoms with Crippen LogP contribution in [0.1, 0.15) is 27.3 Å². The number of carbonyl (C=O) groups is 1. The third-order valence-corrected chi connectivity index (χ3v) is 5.34. The summed E-state index contributed by atoms with van der Waals surface area (Å²) >= 11 is 5.98. The predicted molar refractivity (Wildman–Crippen MR) is 120 cm³/mol. The van der Waals surface area contributed by atoms with Crippen molar-refractivity contribution in [3.63, 3.8) is 0 Å². The van der Waals surface area contributed by atoms with E-state index in [1.54, 1.807) is 0 Å². The first-order valence-corrected chi connectivity index (χ1v) is 10.9. The lowest BCUT2D eigenvalue weighted by Gasteiger charge is -2.13. The van der Waals surface area contributed by atoms with Gasteiger partial charge < -0.3 is 10.1 Å². The first-order valence-electron chi connectivity index (χ1n) is 10.5. The highest BCUT2D eigenvalue weighted by molar-refractivity contribution is 6.32. The molecule has 4 rings (SSSR count). The Hall–Kier alpha value is -4.13. The minimum Gasteiger partial charge on any atom is -0.456 e. The van der Waals surface area contributed by atoms with E-state index in [9.17, 15) is 35.5 Å². The van der Waals surface area contributed by atoms with Crippen LogP contribution in [0.2, 0.25) is 5.02 Å². The van der Waals surface area contributed by atoms with Gasteiger partial charge in [-0.2, -0.15) is 26.3 Å². The van der Waals surface area contributed by atoms with E-state index in [-0.39, 0.29) is 34.6 Å². The van der Waals surface area contributed by atoms with Crippen LogP contribution in [0.15, 0.2) is 67.1 Å². The van der Waals surface area contributed by atoms with Crippen molar-refractivity contribution in [3.8, 4) is 17.3 Å². The number of amides is 1. The molecule has 38 heavy (non-hydrogen) atoms. The van der Waals surface area contributed by atoms with Gasteiger partial charge in [-0.15, -0.1) is 0 Å². The summed E-state index contributed by atoms with van der Waals surface area (Å²) in [4.78, 5) is 20.5. The molecule has 1 amide bonds. The highest BCUT2D eigenvalue weighted by atomic mass is 35.5. The first kappa shape index (κ1) is 26.9. The molecule has 0 aliphatic heterocycles. The second kappa shape index (κ2) is 10.3. The lowest BCUT2D eigenvalue weighted by Crippen LogP contribution is -2.25. The number of pyridine rings is 2. The fourth-order valence-corrected chi connectivity index (χ4v) is 3.53. The average Bonchev–Trinajstić information content (AvgIpc) is 3.33. The highest BCUT2D eigenvalue weighted by Gasteiger charge is 2.34. The lowest BCUT2D eigenvalue weighted by atomic mass is 10.2. The van der Waals surface area contributed by atoms with E-state index >= 15 is 0 Å². The summed E-state index contributed by atoms with van der Waals surface area (Å²) < 4.78 is 97.2. The molecule has 14 heteroatoms. The van der Waals surface area contributed by atoms with Crippen LogP contribution in [-0.2, 0) is 18.9 Å². The quantitative estimate of drug-likeness (QED) is 0.264. The number of hydrogen-bond acceptors (Lipinski definition) is 4. The second-order valence-corrected chi connectivity index (χ2v) is 8.11. The zero-order valence-electron chi connectivity index (χ0n) is 18.7. The summed E-state index contributed by atoms with van der Waals surface area (Å²) in [5, 5.41) is 2.27. The molecule has 0 fully saturated rings. The van der Waals surface area contributed by atoms with E-state index in [2.05, 4.69) is 15.3 Å². The van der Waals surface area contributed by atoms with Crippen molar-refractivity contribution >= 4 is 17.5 Å².